The van der Waals surface area contributed by atoms with Gasteiger partial charge in [-0.2, -0.15) is 0 Å². The van der Waals surface area contributed by atoms with Gasteiger partial charge in [0.1, 0.15) is 24.3 Å². The Hall–Kier alpha value is -3.64. The highest BCUT2D eigenvalue weighted by atomic mass is 16.5. The van der Waals surface area contributed by atoms with Gasteiger partial charge in [-0.05, 0) is 55.8 Å². The van der Waals surface area contributed by atoms with Crippen LogP contribution in [0.25, 0.3) is 11.0 Å². The van der Waals surface area contributed by atoms with Crippen molar-refractivity contribution in [3.05, 3.63) is 89.7 Å². The second-order valence-electron chi connectivity index (χ2n) is 9.09. The third-order valence-corrected chi connectivity index (χ3v) is 6.34. The second kappa shape index (κ2) is 9.31. The van der Waals surface area contributed by atoms with Crippen LogP contribution in [0, 0.1) is 13.8 Å². The number of carbonyl (C=O) groups is 1. The Bertz CT molecular complexity index is 1310. The van der Waals surface area contributed by atoms with Crippen molar-refractivity contribution < 1.29 is 14.6 Å². The maximum absolute atomic E-state index is 12.9. The predicted molar refractivity (Wildman–Crippen MR) is 133 cm³/mol. The Morgan fingerprint density at radius 2 is 1.82 bits per heavy atom. The lowest BCUT2D eigenvalue weighted by atomic mass is 10.1. The second-order valence-corrected chi connectivity index (χ2v) is 9.09. The van der Waals surface area contributed by atoms with Crippen molar-refractivity contribution in [3.63, 3.8) is 0 Å². The number of carbonyl (C=O) groups excluding carboxylic acids is 1. The number of nitrogens with zero attached hydrogens (tertiary/aromatic N) is 3. The highest BCUT2D eigenvalue weighted by Crippen LogP contribution is 2.33. The third-order valence-electron chi connectivity index (χ3n) is 6.34. The number of hydrogen-bond donors (Lipinski definition) is 1. The largest absolute Gasteiger partial charge is 0.491 e. The summed E-state index contributed by atoms with van der Waals surface area (Å²) in [5, 5.41) is 10.8. The number of imidazole rings is 1. The lowest BCUT2D eigenvalue weighted by Gasteiger charge is -2.19. The Kier molecular flexibility index (Phi) is 6.07. The van der Waals surface area contributed by atoms with Crippen molar-refractivity contribution in [2.24, 2.45) is 0 Å². The number of benzene rings is 3. The maximum Gasteiger partial charge on any atom is 0.227 e. The van der Waals surface area contributed by atoms with Gasteiger partial charge in [-0.15, -0.1) is 0 Å². The topological polar surface area (TPSA) is 67.6 Å². The Balaban J connectivity index is 1.38. The molecule has 1 aliphatic heterocycles. The third kappa shape index (κ3) is 4.54. The maximum atomic E-state index is 12.9. The summed E-state index contributed by atoms with van der Waals surface area (Å²) in [5.74, 6) is 1.61. The summed E-state index contributed by atoms with van der Waals surface area (Å²) in [7, 11) is 0. The van der Waals surface area contributed by atoms with E-state index in [-0.39, 0.29) is 18.4 Å². The SMILES string of the molecule is Cc1ccc(OCC(O)Cn2c(C3CC(=O)N(c4cccc(C)c4)C3)nc3ccccc32)cc1. The molecule has 2 unspecified atom stereocenters. The summed E-state index contributed by atoms with van der Waals surface area (Å²) >= 11 is 0. The zero-order chi connectivity index (χ0) is 23.7. The monoisotopic (exact) mass is 455 g/mol. The van der Waals surface area contributed by atoms with Gasteiger partial charge in [0.15, 0.2) is 0 Å². The number of amides is 1. The number of aliphatic hydroxyl groups is 1. The number of rotatable bonds is 7. The summed E-state index contributed by atoms with van der Waals surface area (Å²) in [6, 6.07) is 23.7. The van der Waals surface area contributed by atoms with E-state index in [1.165, 1.54) is 0 Å². The van der Waals surface area contributed by atoms with E-state index in [9.17, 15) is 9.90 Å². The highest BCUT2D eigenvalue weighted by Gasteiger charge is 2.35. The van der Waals surface area contributed by atoms with Crippen LogP contribution in [0.3, 0.4) is 0 Å². The van der Waals surface area contributed by atoms with Crippen LogP contribution >= 0.6 is 0 Å². The highest BCUT2D eigenvalue weighted by molar-refractivity contribution is 5.96. The molecule has 4 aromatic rings. The Labute approximate surface area is 199 Å². The van der Waals surface area contributed by atoms with Crippen molar-refractivity contribution in [2.75, 3.05) is 18.1 Å². The predicted octanol–water partition coefficient (Wildman–Crippen LogP) is 4.61. The van der Waals surface area contributed by atoms with Crippen molar-refractivity contribution >= 4 is 22.6 Å². The first kappa shape index (κ1) is 22.2. The van der Waals surface area contributed by atoms with Gasteiger partial charge in [0.05, 0.1) is 17.6 Å². The van der Waals surface area contributed by atoms with Crippen LogP contribution in [0.5, 0.6) is 5.75 Å². The van der Waals surface area contributed by atoms with Crippen LogP contribution in [0.1, 0.15) is 29.3 Å². The zero-order valence-electron chi connectivity index (χ0n) is 19.5. The molecule has 1 fully saturated rings. The fraction of sp³-hybridized carbons (Fsp3) is 0.286. The van der Waals surface area contributed by atoms with E-state index < -0.39 is 6.10 Å². The molecule has 1 amide bonds. The summed E-state index contributed by atoms with van der Waals surface area (Å²) in [6.07, 6.45) is -0.324. The fourth-order valence-electron chi connectivity index (χ4n) is 4.61. The van der Waals surface area contributed by atoms with E-state index in [0.29, 0.717) is 19.5 Å². The number of ether oxygens (including phenoxy) is 1. The van der Waals surface area contributed by atoms with Crippen LogP contribution in [0.15, 0.2) is 72.8 Å². The van der Waals surface area contributed by atoms with E-state index in [0.717, 1.165) is 39.4 Å². The van der Waals surface area contributed by atoms with Crippen molar-refractivity contribution in [1.29, 1.82) is 0 Å². The van der Waals surface area contributed by atoms with Crippen LogP contribution in [0.4, 0.5) is 5.69 Å². The van der Waals surface area contributed by atoms with Gasteiger partial charge in [-0.3, -0.25) is 4.79 Å². The molecule has 5 rings (SSSR count). The summed E-state index contributed by atoms with van der Waals surface area (Å²) < 4.78 is 7.86. The molecular weight excluding hydrogens is 426 g/mol. The van der Waals surface area contributed by atoms with E-state index in [1.807, 2.05) is 91.5 Å². The quantitative estimate of drug-likeness (QED) is 0.442. The van der Waals surface area contributed by atoms with Crippen LogP contribution < -0.4 is 9.64 Å². The first-order valence-electron chi connectivity index (χ1n) is 11.7. The van der Waals surface area contributed by atoms with Crippen molar-refractivity contribution in [1.82, 2.24) is 9.55 Å². The number of fused-ring (bicyclic) bond motifs is 1. The average Bonchev–Trinajstić information content (AvgIpc) is 3.39. The molecule has 2 heterocycles. The summed E-state index contributed by atoms with van der Waals surface area (Å²) in [4.78, 5) is 19.7. The molecule has 0 bridgehead atoms. The Morgan fingerprint density at radius 1 is 1.03 bits per heavy atom. The molecule has 0 radical (unpaired) electrons. The van der Waals surface area contributed by atoms with Gasteiger partial charge in [0.25, 0.3) is 0 Å². The zero-order valence-corrected chi connectivity index (χ0v) is 19.5. The lowest BCUT2D eigenvalue weighted by molar-refractivity contribution is -0.117. The molecule has 0 saturated carbocycles. The average molecular weight is 456 g/mol. The molecule has 6 nitrogen and oxygen atoms in total. The van der Waals surface area contributed by atoms with E-state index in [2.05, 4.69) is 4.57 Å². The van der Waals surface area contributed by atoms with E-state index in [4.69, 9.17) is 9.72 Å². The van der Waals surface area contributed by atoms with Crippen LogP contribution in [0.2, 0.25) is 0 Å². The molecule has 1 N–H and O–H groups in total. The molecule has 174 valence electrons. The molecule has 3 aromatic carbocycles. The minimum Gasteiger partial charge on any atom is -0.491 e. The van der Waals surface area contributed by atoms with Gasteiger partial charge in [-0.1, -0.05) is 42.0 Å². The van der Waals surface area contributed by atoms with Crippen LogP contribution in [-0.4, -0.2) is 39.8 Å². The number of para-hydroxylation sites is 2. The van der Waals surface area contributed by atoms with Gasteiger partial charge in [-0.25, -0.2) is 4.98 Å². The minimum absolute atomic E-state index is 0.0503. The van der Waals surface area contributed by atoms with Crippen LogP contribution in [-0.2, 0) is 11.3 Å². The van der Waals surface area contributed by atoms with Gasteiger partial charge in [0, 0.05) is 24.6 Å². The normalized spacial score (nSPS) is 16.9. The first-order valence-corrected chi connectivity index (χ1v) is 11.7. The van der Waals surface area contributed by atoms with Gasteiger partial charge >= 0.3 is 0 Å². The fourth-order valence-corrected chi connectivity index (χ4v) is 4.61. The van der Waals surface area contributed by atoms with Crippen molar-refractivity contribution in [3.8, 4) is 5.75 Å². The Morgan fingerprint density at radius 3 is 2.62 bits per heavy atom. The number of anilines is 1. The molecular formula is C28H29N3O3. The standard InChI is InChI=1S/C28H29N3O3/c1-19-10-12-24(13-11-19)34-18-23(32)17-31-26-9-4-3-8-25(26)29-28(31)21-15-27(33)30(16-21)22-7-5-6-20(2)14-22/h3-14,21,23,32H,15-18H2,1-2H3. The molecule has 6 heteroatoms. The molecule has 1 aromatic heterocycles. The molecule has 0 aliphatic carbocycles. The number of aromatic nitrogens is 2. The smallest absolute Gasteiger partial charge is 0.227 e. The molecule has 0 spiro atoms. The minimum atomic E-state index is -0.720. The number of aryl methyl sites for hydroxylation is 2. The molecule has 34 heavy (non-hydrogen) atoms. The van der Waals surface area contributed by atoms with E-state index in [1.54, 1.807) is 0 Å². The molecule has 2 atom stereocenters. The van der Waals surface area contributed by atoms with E-state index >= 15 is 0 Å². The van der Waals surface area contributed by atoms with Crippen molar-refractivity contribution in [2.45, 2.75) is 38.8 Å². The first-order chi connectivity index (χ1) is 16.5. The molecule has 1 saturated heterocycles. The lowest BCUT2D eigenvalue weighted by Crippen LogP contribution is -2.26. The number of hydrogen-bond acceptors (Lipinski definition) is 4. The van der Waals surface area contributed by atoms with Gasteiger partial charge < -0.3 is 19.3 Å². The summed E-state index contributed by atoms with van der Waals surface area (Å²) in [6.45, 7) is 5.14. The molecule has 1 aliphatic rings. The van der Waals surface area contributed by atoms with Gasteiger partial charge in [0.2, 0.25) is 5.91 Å². The summed E-state index contributed by atoms with van der Waals surface area (Å²) in [5.41, 5.74) is 5.02. The number of aliphatic hydroxyl groups excluding tert-OH is 1.